The van der Waals surface area contributed by atoms with Crippen molar-refractivity contribution in [1.29, 1.82) is 0 Å². The minimum Gasteiger partial charge on any atom is -0.350 e. The van der Waals surface area contributed by atoms with Crippen LogP contribution in [0.3, 0.4) is 0 Å². The number of carbonyl (C=O) groups excluding carboxylic acids is 1. The molecule has 2 aromatic carbocycles. The number of nitrogens with one attached hydrogen (secondary N) is 1. The lowest BCUT2D eigenvalue weighted by Gasteiger charge is -2.30. The molecule has 1 amide bonds. The van der Waals surface area contributed by atoms with E-state index < -0.39 is 10.0 Å². The highest BCUT2D eigenvalue weighted by molar-refractivity contribution is 7.89. The van der Waals surface area contributed by atoms with Crippen LogP contribution in [0.2, 0.25) is 5.02 Å². The van der Waals surface area contributed by atoms with Gasteiger partial charge >= 0.3 is 0 Å². The lowest BCUT2D eigenvalue weighted by Crippen LogP contribution is -2.38. The number of nitrogens with zero attached hydrogens (tertiary/aromatic N) is 2. The van der Waals surface area contributed by atoms with Gasteiger partial charge in [-0.05, 0) is 49.7 Å². The van der Waals surface area contributed by atoms with E-state index in [2.05, 4.69) is 24.1 Å². The van der Waals surface area contributed by atoms with Gasteiger partial charge in [0.25, 0.3) is 5.91 Å². The van der Waals surface area contributed by atoms with Crippen molar-refractivity contribution in [2.45, 2.75) is 37.6 Å². The second-order valence-electron chi connectivity index (χ2n) is 7.61. The van der Waals surface area contributed by atoms with Crippen molar-refractivity contribution in [3.63, 3.8) is 0 Å². The number of likely N-dealkylation sites (N-methyl/N-ethyl adjacent to an activating group) is 1. The molecule has 3 rings (SSSR count). The number of amides is 1. The van der Waals surface area contributed by atoms with Gasteiger partial charge in [-0.3, -0.25) is 9.69 Å². The quantitative estimate of drug-likeness (QED) is 0.611. The van der Waals surface area contributed by atoms with Gasteiger partial charge in [-0.25, -0.2) is 8.42 Å². The predicted molar refractivity (Wildman–Crippen MR) is 124 cm³/mol. The van der Waals surface area contributed by atoms with Crippen LogP contribution < -0.4 is 5.32 Å². The molecule has 31 heavy (non-hydrogen) atoms. The first kappa shape index (κ1) is 23.7. The predicted octanol–water partition coefficient (Wildman–Crippen LogP) is 3.94. The molecule has 0 spiro atoms. The maximum absolute atomic E-state index is 13.0. The molecule has 1 saturated heterocycles. The Kier molecular flexibility index (Phi) is 8.11. The number of rotatable bonds is 9. The second-order valence-corrected chi connectivity index (χ2v) is 9.96. The van der Waals surface area contributed by atoms with Gasteiger partial charge in [0, 0.05) is 19.6 Å². The van der Waals surface area contributed by atoms with Crippen LogP contribution in [0.4, 0.5) is 0 Å². The fourth-order valence-corrected chi connectivity index (χ4v) is 5.75. The van der Waals surface area contributed by atoms with E-state index in [4.69, 9.17) is 11.6 Å². The van der Waals surface area contributed by atoms with E-state index in [9.17, 15) is 13.2 Å². The zero-order valence-electron chi connectivity index (χ0n) is 18.1. The summed E-state index contributed by atoms with van der Waals surface area (Å²) in [5.74, 6) is -0.378. The molecule has 0 aromatic heterocycles. The van der Waals surface area contributed by atoms with Gasteiger partial charge in [0.1, 0.15) is 0 Å². The summed E-state index contributed by atoms with van der Waals surface area (Å²) in [6.45, 7) is 7.27. The average molecular weight is 464 g/mol. The molecule has 1 atom stereocenters. The van der Waals surface area contributed by atoms with E-state index in [0.29, 0.717) is 19.6 Å². The molecular weight excluding hydrogens is 434 g/mol. The van der Waals surface area contributed by atoms with Gasteiger partial charge < -0.3 is 5.32 Å². The van der Waals surface area contributed by atoms with Crippen molar-refractivity contribution in [2.75, 3.05) is 32.7 Å². The molecule has 0 bridgehead atoms. The fourth-order valence-electron chi connectivity index (χ4n) is 4.00. The van der Waals surface area contributed by atoms with Crippen molar-refractivity contribution in [2.24, 2.45) is 0 Å². The van der Waals surface area contributed by atoms with Crippen LogP contribution in [-0.2, 0) is 10.0 Å². The lowest BCUT2D eigenvalue weighted by atomic mass is 10.0. The highest BCUT2D eigenvalue weighted by atomic mass is 35.5. The maximum atomic E-state index is 13.0. The SMILES string of the molecule is CCN(CC)C(CNC(=O)c1cc(S(=O)(=O)N2CCCC2)ccc1Cl)c1ccccc1. The van der Waals surface area contributed by atoms with Crippen LogP contribution >= 0.6 is 11.6 Å². The summed E-state index contributed by atoms with van der Waals surface area (Å²) >= 11 is 6.27. The van der Waals surface area contributed by atoms with Gasteiger partial charge in [0.15, 0.2) is 0 Å². The molecule has 2 aromatic rings. The molecule has 0 radical (unpaired) electrons. The Hall–Kier alpha value is -1.93. The molecule has 0 saturated carbocycles. The summed E-state index contributed by atoms with van der Waals surface area (Å²) in [6, 6.07) is 14.4. The third-order valence-electron chi connectivity index (χ3n) is 5.78. The monoisotopic (exact) mass is 463 g/mol. The Labute approximate surface area is 190 Å². The number of hydrogen-bond donors (Lipinski definition) is 1. The molecule has 1 N–H and O–H groups in total. The fraction of sp³-hybridized carbons (Fsp3) is 0.435. The van der Waals surface area contributed by atoms with Gasteiger partial charge in [0.2, 0.25) is 10.0 Å². The maximum Gasteiger partial charge on any atom is 0.252 e. The third kappa shape index (κ3) is 5.47. The topological polar surface area (TPSA) is 69.7 Å². The van der Waals surface area contributed by atoms with Crippen LogP contribution in [-0.4, -0.2) is 56.3 Å². The smallest absolute Gasteiger partial charge is 0.252 e. The third-order valence-corrected chi connectivity index (χ3v) is 8.00. The van der Waals surface area contributed by atoms with E-state index in [-0.39, 0.29) is 27.4 Å². The highest BCUT2D eigenvalue weighted by Crippen LogP contribution is 2.26. The number of carbonyl (C=O) groups is 1. The normalized spacial score (nSPS) is 15.9. The van der Waals surface area contributed by atoms with Gasteiger partial charge in [-0.1, -0.05) is 55.8 Å². The standard InChI is InChI=1S/C23H30ClN3O3S/c1-3-26(4-2)22(18-10-6-5-7-11-18)17-25-23(28)20-16-19(12-13-21(20)24)31(29,30)27-14-8-9-15-27/h5-7,10-13,16,22H,3-4,8-9,14-15,17H2,1-2H3,(H,25,28). The molecule has 6 nitrogen and oxygen atoms in total. The second kappa shape index (κ2) is 10.6. The van der Waals surface area contributed by atoms with E-state index in [1.165, 1.54) is 22.5 Å². The average Bonchev–Trinajstić information content (AvgIpc) is 3.33. The zero-order chi connectivity index (χ0) is 22.4. The minimum atomic E-state index is -3.62. The van der Waals surface area contributed by atoms with Crippen molar-refractivity contribution in [3.8, 4) is 0 Å². The lowest BCUT2D eigenvalue weighted by molar-refractivity contribution is 0.0935. The van der Waals surface area contributed by atoms with Crippen molar-refractivity contribution >= 4 is 27.5 Å². The highest BCUT2D eigenvalue weighted by Gasteiger charge is 2.28. The van der Waals surface area contributed by atoms with Crippen molar-refractivity contribution in [3.05, 3.63) is 64.7 Å². The van der Waals surface area contributed by atoms with E-state index >= 15 is 0 Å². The zero-order valence-corrected chi connectivity index (χ0v) is 19.6. The molecule has 1 unspecified atom stereocenters. The first-order chi connectivity index (χ1) is 14.9. The Morgan fingerprint density at radius 3 is 2.35 bits per heavy atom. The Morgan fingerprint density at radius 1 is 1.10 bits per heavy atom. The number of benzene rings is 2. The minimum absolute atomic E-state index is 0.00967. The molecule has 0 aliphatic carbocycles. The van der Waals surface area contributed by atoms with Gasteiger partial charge in [-0.15, -0.1) is 0 Å². The van der Waals surface area contributed by atoms with E-state index in [0.717, 1.165) is 31.5 Å². The summed E-state index contributed by atoms with van der Waals surface area (Å²) < 4.78 is 27.2. The molecule has 1 aliphatic heterocycles. The summed E-state index contributed by atoms with van der Waals surface area (Å²) in [5, 5.41) is 3.20. The number of sulfonamides is 1. The largest absolute Gasteiger partial charge is 0.350 e. The summed E-state index contributed by atoms with van der Waals surface area (Å²) in [7, 11) is -3.62. The van der Waals surface area contributed by atoms with Gasteiger partial charge in [0.05, 0.1) is 21.5 Å². The summed E-state index contributed by atoms with van der Waals surface area (Å²) in [6.07, 6.45) is 1.71. The number of halogens is 1. The number of hydrogen-bond acceptors (Lipinski definition) is 4. The summed E-state index contributed by atoms with van der Waals surface area (Å²) in [5.41, 5.74) is 1.29. The molecule has 168 valence electrons. The van der Waals surface area contributed by atoms with Crippen LogP contribution in [0.5, 0.6) is 0 Å². The van der Waals surface area contributed by atoms with Crippen molar-refractivity contribution < 1.29 is 13.2 Å². The van der Waals surface area contributed by atoms with Crippen LogP contribution in [0, 0.1) is 0 Å². The molecule has 1 heterocycles. The van der Waals surface area contributed by atoms with Gasteiger partial charge in [-0.2, -0.15) is 4.31 Å². The van der Waals surface area contributed by atoms with E-state index in [1.807, 2.05) is 30.3 Å². The molecule has 1 fully saturated rings. The van der Waals surface area contributed by atoms with E-state index in [1.54, 1.807) is 0 Å². The van der Waals surface area contributed by atoms with Crippen molar-refractivity contribution in [1.82, 2.24) is 14.5 Å². The summed E-state index contributed by atoms with van der Waals surface area (Å²) in [4.78, 5) is 15.4. The molecule has 8 heteroatoms. The van der Waals surface area contributed by atoms with Crippen LogP contribution in [0.15, 0.2) is 53.4 Å². The Morgan fingerprint density at radius 2 is 1.74 bits per heavy atom. The molecule has 1 aliphatic rings. The molecular formula is C23H30ClN3O3S. The first-order valence-corrected chi connectivity index (χ1v) is 12.6. The van der Waals surface area contributed by atoms with Crippen LogP contribution in [0.1, 0.15) is 48.7 Å². The first-order valence-electron chi connectivity index (χ1n) is 10.7. The Balaban J connectivity index is 1.80. The van der Waals surface area contributed by atoms with Crippen LogP contribution in [0.25, 0.3) is 0 Å². The Bertz CT molecular complexity index is 988.